The number of aromatic nitrogens is 2. The summed E-state index contributed by atoms with van der Waals surface area (Å²) in [5, 5.41) is 12.3. The van der Waals surface area contributed by atoms with E-state index in [9.17, 15) is 14.7 Å². The predicted molar refractivity (Wildman–Crippen MR) is 90.2 cm³/mol. The molecule has 1 aliphatic heterocycles. The number of carbonyl (C=O) groups is 2. The van der Waals surface area contributed by atoms with Crippen LogP contribution in [0.3, 0.4) is 0 Å². The van der Waals surface area contributed by atoms with Gasteiger partial charge in [0.25, 0.3) is 5.91 Å². The molecular weight excluding hydrogens is 352 g/mol. The number of carboxylic acid groups (broad SMARTS) is 1. The van der Waals surface area contributed by atoms with E-state index in [1.165, 1.54) is 23.3 Å². The molecule has 8 nitrogen and oxygen atoms in total. The van der Waals surface area contributed by atoms with Crippen molar-refractivity contribution in [2.24, 2.45) is 0 Å². The SMILES string of the molecule is COc1nsc(NC(=O)c2cc(C3CCCN3C(=O)O)sc2C)n1. The maximum atomic E-state index is 12.4. The Balaban J connectivity index is 1.78. The van der Waals surface area contributed by atoms with Gasteiger partial charge in [-0.05, 0) is 25.8 Å². The molecule has 1 unspecified atom stereocenters. The van der Waals surface area contributed by atoms with Crippen LogP contribution in [-0.2, 0) is 0 Å². The number of aryl methyl sites for hydroxylation is 1. The van der Waals surface area contributed by atoms with Crippen LogP contribution in [0.25, 0.3) is 0 Å². The van der Waals surface area contributed by atoms with Crippen LogP contribution in [0.4, 0.5) is 9.93 Å². The Hall–Kier alpha value is -2.20. The minimum absolute atomic E-state index is 0.172. The van der Waals surface area contributed by atoms with Crippen molar-refractivity contribution in [3.8, 4) is 6.01 Å². The van der Waals surface area contributed by atoms with Crippen molar-refractivity contribution in [3.05, 3.63) is 21.4 Å². The Bertz CT molecular complexity index is 773. The highest BCUT2D eigenvalue weighted by Gasteiger charge is 2.32. The molecule has 1 saturated heterocycles. The Morgan fingerprint density at radius 3 is 2.96 bits per heavy atom. The van der Waals surface area contributed by atoms with E-state index in [0.29, 0.717) is 17.2 Å². The van der Waals surface area contributed by atoms with Crippen LogP contribution >= 0.6 is 22.9 Å². The minimum atomic E-state index is -0.921. The number of methoxy groups -OCH3 is 1. The molecule has 0 aliphatic carbocycles. The number of ether oxygens (including phenoxy) is 1. The fraction of sp³-hybridized carbons (Fsp3) is 0.429. The normalized spacial score (nSPS) is 17.1. The number of carbonyl (C=O) groups excluding carboxylic acids is 1. The second kappa shape index (κ2) is 6.73. The summed E-state index contributed by atoms with van der Waals surface area (Å²) in [5.41, 5.74) is 0.529. The number of anilines is 1. The Morgan fingerprint density at radius 1 is 1.50 bits per heavy atom. The van der Waals surface area contributed by atoms with E-state index in [1.807, 2.05) is 6.92 Å². The van der Waals surface area contributed by atoms with Crippen molar-refractivity contribution in [2.45, 2.75) is 25.8 Å². The molecule has 1 fully saturated rings. The molecule has 0 saturated carbocycles. The summed E-state index contributed by atoms with van der Waals surface area (Å²) < 4.78 is 8.82. The molecule has 0 aromatic carbocycles. The Labute approximate surface area is 146 Å². The van der Waals surface area contributed by atoms with Gasteiger partial charge in [0.1, 0.15) is 0 Å². The number of nitrogens with zero attached hydrogens (tertiary/aromatic N) is 3. The average molecular weight is 368 g/mol. The van der Waals surface area contributed by atoms with Gasteiger partial charge in [-0.1, -0.05) is 0 Å². The lowest BCUT2D eigenvalue weighted by atomic mass is 10.1. The van der Waals surface area contributed by atoms with E-state index >= 15 is 0 Å². The highest BCUT2D eigenvalue weighted by Crippen LogP contribution is 2.37. The average Bonchev–Trinajstić information content (AvgIpc) is 3.24. The van der Waals surface area contributed by atoms with Crippen molar-refractivity contribution < 1.29 is 19.4 Å². The Kier molecular flexibility index (Phi) is 4.67. The molecule has 1 atom stereocenters. The van der Waals surface area contributed by atoms with Crippen molar-refractivity contribution in [1.29, 1.82) is 0 Å². The zero-order valence-electron chi connectivity index (χ0n) is 13.1. The van der Waals surface area contributed by atoms with Gasteiger partial charge < -0.3 is 14.7 Å². The molecule has 2 amide bonds. The molecule has 0 radical (unpaired) electrons. The van der Waals surface area contributed by atoms with E-state index in [2.05, 4.69) is 14.7 Å². The summed E-state index contributed by atoms with van der Waals surface area (Å²) in [5.74, 6) is -0.284. The van der Waals surface area contributed by atoms with Crippen LogP contribution in [0.5, 0.6) is 6.01 Å². The van der Waals surface area contributed by atoms with Crippen LogP contribution < -0.4 is 10.1 Å². The molecule has 3 rings (SSSR count). The van der Waals surface area contributed by atoms with Gasteiger partial charge in [0, 0.05) is 27.8 Å². The first-order chi connectivity index (χ1) is 11.5. The minimum Gasteiger partial charge on any atom is -0.466 e. The largest absolute Gasteiger partial charge is 0.466 e. The van der Waals surface area contributed by atoms with Crippen molar-refractivity contribution in [2.75, 3.05) is 19.0 Å². The quantitative estimate of drug-likeness (QED) is 0.860. The molecule has 0 bridgehead atoms. The fourth-order valence-corrected chi connectivity index (χ4v) is 4.40. The molecule has 1 aliphatic rings. The van der Waals surface area contributed by atoms with E-state index in [4.69, 9.17) is 4.74 Å². The van der Waals surface area contributed by atoms with Gasteiger partial charge in [-0.15, -0.1) is 15.7 Å². The Morgan fingerprint density at radius 2 is 2.29 bits per heavy atom. The first-order valence-corrected chi connectivity index (χ1v) is 8.87. The molecule has 3 heterocycles. The summed E-state index contributed by atoms with van der Waals surface area (Å²) in [4.78, 5) is 30.9. The topological polar surface area (TPSA) is 105 Å². The third-order valence-electron chi connectivity index (χ3n) is 3.82. The van der Waals surface area contributed by atoms with E-state index in [0.717, 1.165) is 34.1 Å². The summed E-state index contributed by atoms with van der Waals surface area (Å²) in [6.07, 6.45) is 0.691. The number of hydrogen-bond acceptors (Lipinski definition) is 7. The van der Waals surface area contributed by atoms with Crippen LogP contribution in [0.1, 0.15) is 39.0 Å². The number of thiophene rings is 1. The summed E-state index contributed by atoms with van der Waals surface area (Å²) in [6, 6.07) is 1.81. The van der Waals surface area contributed by atoms with E-state index in [-0.39, 0.29) is 18.0 Å². The van der Waals surface area contributed by atoms with Gasteiger partial charge >= 0.3 is 12.1 Å². The van der Waals surface area contributed by atoms with E-state index < -0.39 is 6.09 Å². The monoisotopic (exact) mass is 368 g/mol. The molecular formula is C14H16N4O4S2. The lowest BCUT2D eigenvalue weighted by molar-refractivity contribution is 0.102. The van der Waals surface area contributed by atoms with Crippen LogP contribution in [0, 0.1) is 6.92 Å². The molecule has 2 aromatic rings. The van der Waals surface area contributed by atoms with Gasteiger partial charge in [-0.3, -0.25) is 10.1 Å². The maximum Gasteiger partial charge on any atom is 0.407 e. The zero-order chi connectivity index (χ0) is 17.3. The van der Waals surface area contributed by atoms with Crippen molar-refractivity contribution in [1.82, 2.24) is 14.3 Å². The number of amides is 2. The predicted octanol–water partition coefficient (Wildman–Crippen LogP) is 2.98. The van der Waals surface area contributed by atoms with Gasteiger partial charge in [-0.2, -0.15) is 4.98 Å². The number of hydrogen-bond donors (Lipinski definition) is 2. The van der Waals surface area contributed by atoms with Crippen molar-refractivity contribution >= 4 is 40.0 Å². The molecule has 2 aromatic heterocycles. The zero-order valence-corrected chi connectivity index (χ0v) is 14.7. The second-order valence-corrected chi connectivity index (χ2v) is 7.33. The fourth-order valence-electron chi connectivity index (χ4n) is 2.69. The smallest absolute Gasteiger partial charge is 0.407 e. The second-order valence-electron chi connectivity index (χ2n) is 5.29. The van der Waals surface area contributed by atoms with Crippen LogP contribution in [0.2, 0.25) is 0 Å². The number of likely N-dealkylation sites (tertiary alicyclic amines) is 1. The molecule has 0 spiro atoms. The molecule has 128 valence electrons. The third-order valence-corrected chi connectivity index (χ3v) is 5.58. The molecule has 2 N–H and O–H groups in total. The number of rotatable bonds is 4. The van der Waals surface area contributed by atoms with Crippen LogP contribution in [0.15, 0.2) is 6.07 Å². The van der Waals surface area contributed by atoms with Crippen LogP contribution in [-0.4, -0.2) is 45.0 Å². The molecule has 10 heteroatoms. The lowest BCUT2D eigenvalue weighted by Gasteiger charge is -2.19. The van der Waals surface area contributed by atoms with Gasteiger partial charge in [-0.25, -0.2) is 4.79 Å². The molecule has 24 heavy (non-hydrogen) atoms. The maximum absolute atomic E-state index is 12.4. The third kappa shape index (κ3) is 3.20. The first kappa shape index (κ1) is 16.7. The lowest BCUT2D eigenvalue weighted by Crippen LogP contribution is -2.28. The van der Waals surface area contributed by atoms with Gasteiger partial charge in [0.2, 0.25) is 5.13 Å². The summed E-state index contributed by atoms with van der Waals surface area (Å²) >= 11 is 2.50. The highest BCUT2D eigenvalue weighted by molar-refractivity contribution is 7.12. The van der Waals surface area contributed by atoms with Gasteiger partial charge in [0.15, 0.2) is 0 Å². The van der Waals surface area contributed by atoms with Gasteiger partial charge in [0.05, 0.1) is 18.7 Å². The van der Waals surface area contributed by atoms with Crippen molar-refractivity contribution in [3.63, 3.8) is 0 Å². The van der Waals surface area contributed by atoms with E-state index in [1.54, 1.807) is 6.07 Å². The first-order valence-electron chi connectivity index (χ1n) is 7.28. The number of nitrogens with one attached hydrogen (secondary N) is 1. The standard InChI is InChI=1S/C14H16N4O4S2/c1-7-8(11(19)15-13-16-12(22-2)17-24-13)6-10(23-7)9-4-3-5-18(9)14(20)21/h6,9H,3-5H2,1-2H3,(H,20,21)(H,15,16,17,19). The summed E-state index contributed by atoms with van der Waals surface area (Å²) in [6.45, 7) is 2.38. The summed E-state index contributed by atoms with van der Waals surface area (Å²) in [7, 11) is 1.46. The highest BCUT2D eigenvalue weighted by atomic mass is 32.1.